The number of aliphatic hydroxyl groups is 1. The minimum absolute atomic E-state index is 0.0956. The molecule has 4 aliphatic heterocycles. The second-order valence-corrected chi connectivity index (χ2v) is 25.5. The molecule has 4 saturated heterocycles. The van der Waals surface area contributed by atoms with Crippen LogP contribution in [0.1, 0.15) is 126 Å². The summed E-state index contributed by atoms with van der Waals surface area (Å²) in [5, 5.41) is 10.5. The van der Waals surface area contributed by atoms with E-state index in [4.69, 9.17) is 52.1 Å². The minimum Gasteiger partial charge on any atom is -0.493 e. The Balaban J connectivity index is 1.26. The molecule has 0 radical (unpaired) electrons. The highest BCUT2D eigenvalue weighted by molar-refractivity contribution is 8.00. The third-order valence-electron chi connectivity index (χ3n) is 18.4. The van der Waals surface area contributed by atoms with Crippen molar-refractivity contribution in [1.29, 1.82) is 0 Å². The molecule has 5 heterocycles. The molecule has 18 nitrogen and oxygen atoms in total. The number of hydrogen-bond acceptors (Lipinski definition) is 19. The molecule has 5 fully saturated rings. The molecule has 0 spiro atoms. The van der Waals surface area contributed by atoms with Crippen molar-refractivity contribution in [2.75, 3.05) is 59.7 Å². The lowest BCUT2D eigenvalue weighted by atomic mass is 9.70. The molecule has 0 amide bonds. The molecule has 1 saturated carbocycles. The SMILES string of the molecule is CC[C@H]1OC(=O)[C@H](C)[C@@H](O[C@H]2C[C@@](C)(OC)[C@@H](O)[C@H](C)O2)[C@H](C)[C@@H](O[C@@H]2O[C@H](C)C[C@@H](OC)[C@H]2N(C)C)[C@](C)(OC)C[C@@H](C)C(=O)[C@H](C)[C@H]2[C@H](SCCN(Cc3ccncc3)c3ccc(OC)c(OC4CCCC4)c3)C(=O)O[C@@]21C. The van der Waals surface area contributed by atoms with Crippen LogP contribution < -0.4 is 14.4 Å². The summed E-state index contributed by atoms with van der Waals surface area (Å²) in [5.74, 6) is -3.10. The summed E-state index contributed by atoms with van der Waals surface area (Å²) in [4.78, 5) is 54.1. The van der Waals surface area contributed by atoms with Gasteiger partial charge in [0.05, 0.1) is 66.9 Å². The molecule has 0 unspecified atom stereocenters. The number of thioether (sulfide) groups is 1. The van der Waals surface area contributed by atoms with E-state index >= 15 is 9.59 Å². The quantitative estimate of drug-likeness (QED) is 0.132. The number of cyclic esters (lactones) is 1. The number of hydrogen-bond donors (Lipinski definition) is 1. The van der Waals surface area contributed by atoms with Crippen LogP contribution >= 0.6 is 11.8 Å². The normalized spacial score (nSPS) is 38.6. The molecule has 80 heavy (non-hydrogen) atoms. The van der Waals surface area contributed by atoms with Gasteiger partial charge >= 0.3 is 11.9 Å². The molecule has 1 N–H and O–H groups in total. The molecule has 0 bridgehead atoms. The van der Waals surface area contributed by atoms with Crippen molar-refractivity contribution in [3.05, 3.63) is 48.3 Å². The molecular weight excluding hydrogens is 1050 g/mol. The van der Waals surface area contributed by atoms with Crippen LogP contribution in [0, 0.1) is 29.6 Å². The second kappa shape index (κ2) is 27.4. The number of nitrogens with zero attached hydrogens (tertiary/aromatic N) is 3. The van der Waals surface area contributed by atoms with Gasteiger partial charge in [0.2, 0.25) is 0 Å². The third kappa shape index (κ3) is 14.0. The summed E-state index contributed by atoms with van der Waals surface area (Å²) in [6.07, 6.45) is 2.41. The number of esters is 2. The van der Waals surface area contributed by atoms with Crippen molar-refractivity contribution >= 4 is 35.2 Å². The number of benzene rings is 1. The van der Waals surface area contributed by atoms with Crippen molar-refractivity contribution in [1.82, 2.24) is 9.88 Å². The summed E-state index contributed by atoms with van der Waals surface area (Å²) in [7, 11) is 10.4. The van der Waals surface area contributed by atoms with Crippen LogP contribution in [0.5, 0.6) is 11.5 Å². The average molecular weight is 1140 g/mol. The summed E-state index contributed by atoms with van der Waals surface area (Å²) in [6.45, 7) is 19.8. The lowest BCUT2D eigenvalue weighted by Gasteiger charge is -2.50. The number of likely N-dealkylation sites (N-methyl/N-ethyl adjacent to an activating group) is 1. The number of methoxy groups -OCH3 is 4. The molecule has 450 valence electrons. The van der Waals surface area contributed by atoms with Crippen LogP contribution in [0.4, 0.5) is 5.69 Å². The number of ketones is 1. The fraction of sp³-hybridized carbons (Fsp3) is 0.770. The van der Waals surface area contributed by atoms with E-state index in [2.05, 4.69) is 9.88 Å². The zero-order valence-corrected chi connectivity index (χ0v) is 51.4. The Bertz CT molecular complexity index is 2350. The molecule has 5 aliphatic rings. The van der Waals surface area contributed by atoms with Crippen LogP contribution in [0.2, 0.25) is 0 Å². The van der Waals surface area contributed by atoms with Gasteiger partial charge in [0.1, 0.15) is 23.2 Å². The van der Waals surface area contributed by atoms with Crippen molar-refractivity contribution in [3.63, 3.8) is 0 Å². The number of fused-ring (bicyclic) bond motifs is 1. The van der Waals surface area contributed by atoms with E-state index in [-0.39, 0.29) is 49.4 Å². The maximum atomic E-state index is 15.5. The van der Waals surface area contributed by atoms with Gasteiger partial charge in [-0.05, 0) is 124 Å². The van der Waals surface area contributed by atoms with Crippen LogP contribution in [0.3, 0.4) is 0 Å². The molecule has 1 aromatic carbocycles. The van der Waals surface area contributed by atoms with Gasteiger partial charge in [-0.25, -0.2) is 0 Å². The summed E-state index contributed by atoms with van der Waals surface area (Å²) in [5.41, 5.74) is -1.71. The van der Waals surface area contributed by atoms with E-state index in [1.807, 2.05) is 105 Å². The Morgan fingerprint density at radius 2 is 1.52 bits per heavy atom. The van der Waals surface area contributed by atoms with Gasteiger partial charge in [-0.3, -0.25) is 24.3 Å². The zero-order valence-electron chi connectivity index (χ0n) is 50.5. The maximum absolute atomic E-state index is 15.5. The first-order chi connectivity index (χ1) is 38.0. The van der Waals surface area contributed by atoms with Crippen molar-refractivity contribution in [3.8, 4) is 11.5 Å². The van der Waals surface area contributed by atoms with Crippen molar-refractivity contribution in [2.45, 2.75) is 217 Å². The number of anilines is 1. The second-order valence-electron chi connectivity index (χ2n) is 24.2. The number of aliphatic hydroxyl groups excluding tert-OH is 1. The van der Waals surface area contributed by atoms with Crippen molar-refractivity contribution < 1.29 is 71.6 Å². The fourth-order valence-corrected chi connectivity index (χ4v) is 15.1. The highest BCUT2D eigenvalue weighted by atomic mass is 32.2. The molecule has 2 aromatic rings. The highest BCUT2D eigenvalue weighted by Crippen LogP contribution is 2.50. The summed E-state index contributed by atoms with van der Waals surface area (Å²) in [6, 6.07) is 9.62. The van der Waals surface area contributed by atoms with E-state index < -0.39 is 107 Å². The van der Waals surface area contributed by atoms with Gasteiger partial charge in [0.15, 0.2) is 29.7 Å². The Hall–Kier alpha value is -3.63. The lowest BCUT2D eigenvalue weighted by molar-refractivity contribution is -0.316. The predicted octanol–water partition coefficient (Wildman–Crippen LogP) is 8.45. The summed E-state index contributed by atoms with van der Waals surface area (Å²) >= 11 is 1.45. The third-order valence-corrected chi connectivity index (χ3v) is 19.6. The molecule has 19 heteroatoms. The monoisotopic (exact) mass is 1140 g/mol. The Labute approximate surface area is 480 Å². The first-order valence-electron chi connectivity index (χ1n) is 29.1. The van der Waals surface area contributed by atoms with Gasteiger partial charge in [0, 0.05) is 101 Å². The van der Waals surface area contributed by atoms with Gasteiger partial charge in [0.25, 0.3) is 0 Å². The predicted molar refractivity (Wildman–Crippen MR) is 305 cm³/mol. The van der Waals surface area contributed by atoms with Gasteiger partial charge < -0.3 is 62.1 Å². The topological polar surface area (TPSA) is 192 Å². The van der Waals surface area contributed by atoms with Crippen LogP contribution in [-0.4, -0.2) is 177 Å². The average Bonchev–Trinajstić information content (AvgIpc) is 4.10. The van der Waals surface area contributed by atoms with Crippen molar-refractivity contribution in [2.24, 2.45) is 29.6 Å². The number of ether oxygens (including phenoxy) is 11. The van der Waals surface area contributed by atoms with Gasteiger partial charge in [-0.15, -0.1) is 11.8 Å². The molecule has 19 atom stereocenters. The van der Waals surface area contributed by atoms with Gasteiger partial charge in [-0.2, -0.15) is 0 Å². The van der Waals surface area contributed by atoms with Gasteiger partial charge in [-0.1, -0.05) is 27.7 Å². The number of carbonyl (C=O) groups excluding carboxylic acids is 3. The standard InChI is InChI=1S/C61H95N3O15S/c1-17-47-61(10)49(53(57(68)79-61)80-29-28-64(34-41-24-26-62-27-25-41)42-22-23-44(69-13)45(31-42)75-43-20-18-19-21-43)37(4)51(65)35(2)32-60(9,72-16)55(78-58-50(63(11)12)46(70-14)30-36(3)73-58)38(5)52(39(6)56(67)76-47)77-48-33-59(8,71-15)54(66)40(7)74-48/h22-27,31,35-40,43,46-50,52-55,58,66H,17-21,28-30,32-34H2,1-16H3/t35-,36-,37-,38+,39-,40+,46-,47-,48+,49+,50-,52+,53+,54+,55-,58+,59-,60-,61-/m1/s1. The van der Waals surface area contributed by atoms with Crippen LogP contribution in [0.25, 0.3) is 0 Å². The van der Waals surface area contributed by atoms with Crippen LogP contribution in [-0.2, 0) is 63.6 Å². The van der Waals surface area contributed by atoms with E-state index in [0.717, 1.165) is 36.9 Å². The molecule has 1 aromatic heterocycles. The summed E-state index contributed by atoms with van der Waals surface area (Å²) < 4.78 is 71.6. The first-order valence-corrected chi connectivity index (χ1v) is 30.2. The first kappa shape index (κ1) is 63.9. The maximum Gasteiger partial charge on any atom is 0.320 e. The zero-order chi connectivity index (χ0) is 58.4. The largest absolute Gasteiger partial charge is 0.493 e. The number of carbonyl (C=O) groups is 3. The number of rotatable bonds is 19. The Morgan fingerprint density at radius 1 is 0.838 bits per heavy atom. The van der Waals surface area contributed by atoms with E-state index in [0.29, 0.717) is 36.8 Å². The van der Waals surface area contributed by atoms with Crippen LogP contribution in [0.15, 0.2) is 42.7 Å². The smallest absolute Gasteiger partial charge is 0.320 e. The Morgan fingerprint density at radius 3 is 2.15 bits per heavy atom. The number of aromatic nitrogens is 1. The molecular formula is C61H95N3O15S. The highest BCUT2D eigenvalue weighted by Gasteiger charge is 2.62. The van der Waals surface area contributed by atoms with E-state index in [1.54, 1.807) is 54.7 Å². The molecule has 7 rings (SSSR count). The fourth-order valence-electron chi connectivity index (χ4n) is 13.6. The minimum atomic E-state index is -1.42. The Kier molecular flexibility index (Phi) is 21.9. The lowest BCUT2D eigenvalue weighted by Crippen LogP contribution is -2.62. The number of pyridine rings is 1. The van der Waals surface area contributed by atoms with E-state index in [9.17, 15) is 9.90 Å². The molecule has 1 aliphatic carbocycles. The van der Waals surface area contributed by atoms with E-state index in [1.165, 1.54) is 11.8 Å². The number of Topliss-reactive ketones (excluding diaryl/α,β-unsaturated/α-hetero) is 1.